The fourth-order valence-corrected chi connectivity index (χ4v) is 1.73. The summed E-state index contributed by atoms with van der Waals surface area (Å²) < 4.78 is 4.96. The van der Waals surface area contributed by atoms with Crippen molar-refractivity contribution in [1.82, 2.24) is 0 Å². The van der Waals surface area contributed by atoms with Crippen molar-refractivity contribution in [2.75, 3.05) is 0 Å². The molecule has 0 amide bonds. The molecule has 0 saturated carbocycles. The fourth-order valence-electron chi connectivity index (χ4n) is 1.73. The van der Waals surface area contributed by atoms with Gasteiger partial charge in [0.15, 0.2) is 0 Å². The zero-order valence-electron chi connectivity index (χ0n) is 9.17. The smallest absolute Gasteiger partial charge is 0.347 e. The second kappa shape index (κ2) is 4.10. The molecule has 0 aliphatic rings. The Morgan fingerprint density at radius 2 is 2.00 bits per heavy atom. The highest BCUT2D eigenvalue weighted by Crippen LogP contribution is 2.27. The van der Waals surface area contributed by atoms with Crippen molar-refractivity contribution in [3.63, 3.8) is 0 Å². The van der Waals surface area contributed by atoms with E-state index < -0.39 is 11.7 Å². The van der Waals surface area contributed by atoms with Gasteiger partial charge in [0.25, 0.3) is 0 Å². The van der Waals surface area contributed by atoms with E-state index in [1.807, 2.05) is 0 Å². The molecule has 17 heavy (non-hydrogen) atoms. The summed E-state index contributed by atoms with van der Waals surface area (Å²) in [6.07, 6.45) is -0.441. The summed E-state index contributed by atoms with van der Waals surface area (Å²) in [7, 11) is 0. The van der Waals surface area contributed by atoms with Gasteiger partial charge in [-0.1, -0.05) is 0 Å². The van der Waals surface area contributed by atoms with Crippen LogP contribution in [0.5, 0.6) is 11.5 Å². The first-order chi connectivity index (χ1) is 7.97. The van der Waals surface area contributed by atoms with E-state index in [1.165, 1.54) is 12.1 Å². The van der Waals surface area contributed by atoms with Crippen molar-refractivity contribution in [1.29, 1.82) is 0 Å². The maximum absolute atomic E-state index is 11.6. The number of phenols is 2. The molecule has 0 fully saturated rings. The molecule has 90 valence electrons. The number of fused-ring (bicyclic) bond motifs is 1. The summed E-state index contributed by atoms with van der Waals surface area (Å²) in [4.78, 5) is 11.6. The van der Waals surface area contributed by atoms with Gasteiger partial charge in [-0.3, -0.25) is 0 Å². The van der Waals surface area contributed by atoms with Crippen LogP contribution in [0.15, 0.2) is 27.4 Å². The van der Waals surface area contributed by atoms with E-state index in [4.69, 9.17) is 4.42 Å². The number of phenolic OH excluding ortho intramolecular Hbond substituents is 2. The molecule has 1 heterocycles. The minimum atomic E-state index is -0.685. The predicted octanol–water partition coefficient (Wildman–Crippen LogP) is 1.13. The predicted molar refractivity (Wildman–Crippen MR) is 61.2 cm³/mol. The van der Waals surface area contributed by atoms with Crippen molar-refractivity contribution >= 4 is 10.8 Å². The van der Waals surface area contributed by atoms with Crippen LogP contribution in [0.3, 0.4) is 0 Å². The quantitative estimate of drug-likeness (QED) is 0.727. The monoisotopic (exact) mass is 236 g/mol. The second-order valence-corrected chi connectivity index (χ2v) is 3.98. The molecular formula is C12H12O5. The SMILES string of the molecule is C[C@H](O)Cc1cc2cc(O)cc(O)c2c(=O)o1. The van der Waals surface area contributed by atoms with Gasteiger partial charge < -0.3 is 19.7 Å². The van der Waals surface area contributed by atoms with Crippen LogP contribution in [0.4, 0.5) is 0 Å². The third-order valence-electron chi connectivity index (χ3n) is 2.37. The van der Waals surface area contributed by atoms with E-state index in [-0.39, 0.29) is 23.3 Å². The number of benzene rings is 1. The lowest BCUT2D eigenvalue weighted by molar-refractivity contribution is 0.186. The minimum absolute atomic E-state index is 0.0251. The summed E-state index contributed by atoms with van der Waals surface area (Å²) in [6.45, 7) is 1.57. The van der Waals surface area contributed by atoms with Gasteiger partial charge in [0, 0.05) is 12.5 Å². The molecule has 0 aliphatic heterocycles. The van der Waals surface area contributed by atoms with Gasteiger partial charge in [-0.2, -0.15) is 0 Å². The second-order valence-electron chi connectivity index (χ2n) is 3.98. The largest absolute Gasteiger partial charge is 0.508 e. The molecule has 1 aromatic carbocycles. The Hall–Kier alpha value is -2.01. The number of aliphatic hydroxyl groups is 1. The van der Waals surface area contributed by atoms with Gasteiger partial charge in [-0.25, -0.2) is 4.79 Å². The van der Waals surface area contributed by atoms with E-state index in [1.54, 1.807) is 6.92 Å². The van der Waals surface area contributed by atoms with Crippen LogP contribution in [-0.2, 0) is 6.42 Å². The summed E-state index contributed by atoms with van der Waals surface area (Å²) in [5.74, 6) is -0.150. The molecule has 5 nitrogen and oxygen atoms in total. The molecule has 0 unspecified atom stereocenters. The van der Waals surface area contributed by atoms with Gasteiger partial charge >= 0.3 is 5.63 Å². The Morgan fingerprint density at radius 1 is 1.29 bits per heavy atom. The van der Waals surface area contributed by atoms with E-state index in [0.29, 0.717) is 11.1 Å². The van der Waals surface area contributed by atoms with Gasteiger partial charge in [-0.15, -0.1) is 0 Å². The maximum atomic E-state index is 11.6. The molecule has 1 aromatic heterocycles. The van der Waals surface area contributed by atoms with Gasteiger partial charge in [0.2, 0.25) is 0 Å². The molecule has 0 bridgehead atoms. The lowest BCUT2D eigenvalue weighted by Gasteiger charge is -2.05. The molecule has 0 radical (unpaired) electrons. The maximum Gasteiger partial charge on any atom is 0.347 e. The lowest BCUT2D eigenvalue weighted by atomic mass is 10.1. The molecular weight excluding hydrogens is 224 g/mol. The topological polar surface area (TPSA) is 90.9 Å². The first-order valence-corrected chi connectivity index (χ1v) is 5.14. The highest BCUT2D eigenvalue weighted by atomic mass is 16.4. The first-order valence-electron chi connectivity index (χ1n) is 5.14. The summed E-state index contributed by atoms with van der Waals surface area (Å²) in [5, 5.41) is 28.5. The van der Waals surface area contributed by atoms with Gasteiger partial charge in [-0.05, 0) is 24.4 Å². The summed E-state index contributed by atoms with van der Waals surface area (Å²) in [5.41, 5.74) is -0.685. The lowest BCUT2D eigenvalue weighted by Crippen LogP contribution is -2.08. The molecule has 0 spiro atoms. The van der Waals surface area contributed by atoms with E-state index in [0.717, 1.165) is 6.07 Å². The number of aromatic hydroxyl groups is 2. The Balaban J connectivity index is 2.69. The van der Waals surface area contributed by atoms with Crippen molar-refractivity contribution < 1.29 is 19.7 Å². The van der Waals surface area contributed by atoms with E-state index in [2.05, 4.69) is 0 Å². The van der Waals surface area contributed by atoms with Crippen LogP contribution in [0.25, 0.3) is 10.8 Å². The Bertz CT molecular complexity index is 612. The Labute approximate surface area is 96.6 Å². The average molecular weight is 236 g/mol. The van der Waals surface area contributed by atoms with Crippen LogP contribution in [0.1, 0.15) is 12.7 Å². The molecule has 5 heteroatoms. The van der Waals surface area contributed by atoms with Crippen molar-refractivity contribution in [3.8, 4) is 11.5 Å². The first kappa shape index (κ1) is 11.5. The zero-order chi connectivity index (χ0) is 12.6. The number of hydrogen-bond acceptors (Lipinski definition) is 5. The van der Waals surface area contributed by atoms with Crippen molar-refractivity contribution in [3.05, 3.63) is 34.4 Å². The highest BCUT2D eigenvalue weighted by molar-refractivity contribution is 5.88. The van der Waals surface area contributed by atoms with Gasteiger partial charge in [0.1, 0.15) is 22.6 Å². The fraction of sp³-hybridized carbons (Fsp3) is 0.250. The highest BCUT2D eigenvalue weighted by Gasteiger charge is 2.11. The third kappa shape index (κ3) is 2.24. The minimum Gasteiger partial charge on any atom is -0.508 e. The van der Waals surface area contributed by atoms with Crippen LogP contribution in [-0.4, -0.2) is 21.4 Å². The Morgan fingerprint density at radius 3 is 2.65 bits per heavy atom. The molecule has 2 aromatic rings. The van der Waals surface area contributed by atoms with E-state index >= 15 is 0 Å². The normalized spacial score (nSPS) is 12.8. The molecule has 0 aliphatic carbocycles. The summed E-state index contributed by atoms with van der Waals surface area (Å²) >= 11 is 0. The van der Waals surface area contributed by atoms with Crippen LogP contribution >= 0.6 is 0 Å². The number of hydrogen-bond donors (Lipinski definition) is 3. The van der Waals surface area contributed by atoms with Crippen LogP contribution in [0, 0.1) is 0 Å². The Kier molecular flexibility index (Phi) is 2.77. The van der Waals surface area contributed by atoms with Gasteiger partial charge in [0.05, 0.1) is 6.10 Å². The molecule has 0 saturated heterocycles. The number of aliphatic hydroxyl groups excluding tert-OH is 1. The third-order valence-corrected chi connectivity index (χ3v) is 2.37. The molecule has 3 N–H and O–H groups in total. The van der Waals surface area contributed by atoms with Crippen LogP contribution in [0.2, 0.25) is 0 Å². The summed E-state index contributed by atoms with van der Waals surface area (Å²) in [6, 6.07) is 3.95. The molecule has 1 atom stereocenters. The van der Waals surface area contributed by atoms with E-state index in [9.17, 15) is 20.1 Å². The standard InChI is InChI=1S/C12H12O5/c1-6(13)2-9-4-7-3-8(14)5-10(15)11(7)12(16)17-9/h3-6,13-15H,2H2,1H3/t6-/m0/s1. The average Bonchev–Trinajstić information content (AvgIpc) is 2.13. The van der Waals surface area contributed by atoms with Crippen molar-refractivity contribution in [2.45, 2.75) is 19.4 Å². The van der Waals surface area contributed by atoms with Crippen molar-refractivity contribution in [2.24, 2.45) is 0 Å². The van der Waals surface area contributed by atoms with Crippen LogP contribution < -0.4 is 5.63 Å². The zero-order valence-corrected chi connectivity index (χ0v) is 9.17. The molecule has 2 rings (SSSR count). The number of rotatable bonds is 2.